The summed E-state index contributed by atoms with van der Waals surface area (Å²) >= 11 is 0. The quantitative estimate of drug-likeness (QED) is 0.130. The van der Waals surface area contributed by atoms with E-state index < -0.39 is 24.5 Å². The summed E-state index contributed by atoms with van der Waals surface area (Å²) in [6.45, 7) is 51.7. The van der Waals surface area contributed by atoms with Gasteiger partial charge < -0.3 is 0 Å². The Morgan fingerprint density at radius 2 is 0.496 bits per heavy atom. The number of imidazole rings is 4. The summed E-state index contributed by atoms with van der Waals surface area (Å²) in [6.07, 6.45) is 7.92. The van der Waals surface area contributed by atoms with Gasteiger partial charge in [0.1, 0.15) is 22.1 Å². The van der Waals surface area contributed by atoms with Gasteiger partial charge in [0.2, 0.25) is 0 Å². The molecule has 0 radical (unpaired) electrons. The summed E-state index contributed by atoms with van der Waals surface area (Å²) in [7, 11) is 8.67. The maximum absolute atomic E-state index is 8.92. The van der Waals surface area contributed by atoms with Gasteiger partial charge in [-0.05, 0) is 143 Å². The molecule has 0 bridgehead atoms. The number of aryl methyl sites for hydroxylation is 15. The average molecular weight is 1730 g/mol. The second-order valence-corrected chi connectivity index (χ2v) is 42.7. The number of aromatic nitrogens is 12. The van der Waals surface area contributed by atoms with Crippen molar-refractivity contribution >= 4 is 110 Å². The first-order valence-electron chi connectivity index (χ1n) is 49.7. The molecular formula is C119H126N12+4. The van der Waals surface area contributed by atoms with E-state index in [4.69, 9.17) is 28.2 Å². The molecule has 12 heteroatoms. The van der Waals surface area contributed by atoms with E-state index in [1.807, 2.05) is 68.1 Å². The van der Waals surface area contributed by atoms with E-state index in [2.05, 4.69) is 370 Å². The van der Waals surface area contributed by atoms with Crippen molar-refractivity contribution in [1.82, 2.24) is 37.5 Å². The number of hydrogen-bond donors (Lipinski definition) is 0. The normalized spacial score (nSPS) is 18.0. The van der Waals surface area contributed by atoms with E-state index >= 15 is 0 Å². The Labute approximate surface area is 779 Å². The zero-order chi connectivity index (χ0) is 97.9. The van der Waals surface area contributed by atoms with Crippen LogP contribution in [0.5, 0.6) is 0 Å². The van der Waals surface area contributed by atoms with Crippen LogP contribution in [0.1, 0.15) is 225 Å². The van der Waals surface area contributed by atoms with Crippen molar-refractivity contribution < 1.29 is 26.5 Å². The van der Waals surface area contributed by atoms with Crippen LogP contribution in [0, 0.1) is 76.1 Å². The van der Waals surface area contributed by atoms with Crippen LogP contribution in [0.4, 0.5) is 0 Å². The first kappa shape index (κ1) is 78.1. The topological polar surface area (TPSA) is 84.7 Å². The maximum Gasteiger partial charge on any atom is 0.297 e. The Morgan fingerprint density at radius 3 is 0.794 bits per heavy atom. The molecule has 0 saturated heterocycles. The van der Waals surface area contributed by atoms with Gasteiger partial charge in [0, 0.05) is 126 Å². The van der Waals surface area contributed by atoms with Crippen molar-refractivity contribution in [3.8, 4) is 45.0 Å². The van der Waals surface area contributed by atoms with E-state index in [-0.39, 0.29) is 32.5 Å². The molecule has 24 rings (SSSR count). The lowest BCUT2D eigenvalue weighted by molar-refractivity contribution is -0.632. The molecular weight excluding hydrogens is 1600 g/mol. The van der Waals surface area contributed by atoms with Gasteiger partial charge in [-0.25, -0.2) is 18.3 Å². The van der Waals surface area contributed by atoms with Gasteiger partial charge in [-0.2, -0.15) is 17.6 Å². The van der Waals surface area contributed by atoms with Crippen molar-refractivity contribution in [3.63, 3.8) is 0 Å². The van der Waals surface area contributed by atoms with Gasteiger partial charge in [-0.3, -0.25) is 19.9 Å². The Hall–Kier alpha value is -12.8. The van der Waals surface area contributed by atoms with Crippen LogP contribution in [0.15, 0.2) is 201 Å². The fraction of sp³-hybridized carbons (Fsp3) is 0.328. The third-order valence-electron chi connectivity index (χ3n) is 34.4. The molecule has 4 aliphatic heterocycles. The molecule has 16 heterocycles. The zero-order valence-electron chi connectivity index (χ0n) is 87.9. The van der Waals surface area contributed by atoms with Crippen LogP contribution in [0.2, 0.25) is 0 Å². The summed E-state index contributed by atoms with van der Waals surface area (Å²) in [5.74, 6) is 0. The van der Waals surface area contributed by atoms with E-state index in [0.717, 1.165) is 128 Å². The minimum absolute atomic E-state index is 0.0439. The summed E-state index contributed by atoms with van der Waals surface area (Å²) in [6, 6.07) is 62.1. The van der Waals surface area contributed by atoms with Crippen molar-refractivity contribution in [2.75, 3.05) is 0 Å². The first-order valence-corrected chi connectivity index (χ1v) is 46.7. The van der Waals surface area contributed by atoms with Gasteiger partial charge in [-0.1, -0.05) is 281 Å². The fourth-order valence-corrected chi connectivity index (χ4v) is 24.0. The third kappa shape index (κ3) is 10.8. The number of hydrogen-bond acceptors (Lipinski definition) is 4. The predicted octanol–water partition coefficient (Wildman–Crippen LogP) is 26.2. The van der Waals surface area contributed by atoms with E-state index in [9.17, 15) is 0 Å². The Bertz CT molecular complexity index is 8730. The molecule has 20 aromatic rings. The molecule has 12 nitrogen and oxygen atoms in total. The van der Waals surface area contributed by atoms with Crippen LogP contribution >= 0.6 is 0 Å². The molecule has 0 aliphatic carbocycles. The van der Waals surface area contributed by atoms with Gasteiger partial charge in [0.25, 0.3) is 22.6 Å². The molecule has 0 spiro atoms. The molecule has 0 N–H and O–H groups in total. The van der Waals surface area contributed by atoms with Crippen LogP contribution in [0.3, 0.4) is 0 Å². The standard InChI is InChI=1S/3C30H32N3.C29H30N3/c3*1-17-14-15-21-26-22(17)24-23(19(3)18(2)16-31-24)28-32(8)25(20-12-10-9-11-13-20)27(33(26)28)30(6,7)29(21,4)5;1-17-16-30-23-20-14-11-15-21-25(20)32-26(29(5,6)28(21,3)4)24(19-12-9-8-10-13-19)31(7)27(32)22(23)18(17)2/h3*9-16H,1-8H3;8-16H,1-7H3/q4*+1/i6D3;1D3;;. The Kier molecular flexibility index (Phi) is 16.8. The zero-order valence-corrected chi connectivity index (χ0v) is 81.9. The lowest BCUT2D eigenvalue weighted by Gasteiger charge is -2.43. The minimum Gasteiger partial charge on any atom is -0.255 e. The highest BCUT2D eigenvalue weighted by Gasteiger charge is 2.58. The maximum atomic E-state index is 8.92. The number of nitrogens with zero attached hydrogens (tertiary/aromatic N) is 12. The highest BCUT2D eigenvalue weighted by Crippen LogP contribution is 2.60. The summed E-state index contributed by atoms with van der Waals surface area (Å²) < 4.78 is 71.2. The average Bonchev–Trinajstić information content (AvgIpc) is 1.55. The molecule has 4 aliphatic rings. The van der Waals surface area contributed by atoms with Crippen LogP contribution in [-0.4, -0.2) is 37.5 Å². The predicted molar refractivity (Wildman–Crippen MR) is 544 cm³/mol. The van der Waals surface area contributed by atoms with Gasteiger partial charge in [0.05, 0.1) is 88.0 Å². The summed E-state index contributed by atoms with van der Waals surface area (Å²) in [4.78, 5) is 20.0. The lowest BCUT2D eigenvalue weighted by atomic mass is 9.60. The fourth-order valence-electron chi connectivity index (χ4n) is 24.0. The Morgan fingerprint density at radius 1 is 0.244 bits per heavy atom. The lowest BCUT2D eigenvalue weighted by Crippen LogP contribution is -2.44. The smallest absolute Gasteiger partial charge is 0.255 e. The number of fused-ring (bicyclic) bond motifs is 12. The summed E-state index contributed by atoms with van der Waals surface area (Å²) in [5, 5.41) is 9.02. The van der Waals surface area contributed by atoms with Crippen LogP contribution in [-0.2, 0) is 71.5 Å². The molecule has 658 valence electrons. The Balaban J connectivity index is 0.000000109. The number of rotatable bonds is 4. The van der Waals surface area contributed by atoms with Crippen molar-refractivity contribution in [1.29, 1.82) is 0 Å². The highest BCUT2D eigenvalue weighted by atomic mass is 15.2. The SMILES string of the molecule is Cc1cnc2c3c(C)ccc4c3n3c(c(-c5ccccc5)[n+](C)c3c2c1C)C(C)(C)C4(C)C.Cc1cnc2c3cccc4c3n3c(c(-c5ccccc5)[n+](C)c3c2c1C)C(C)(C)C4(C)C.[2H]C([2H])([2H])C1(C)c2c(-c3ccccc3)[n+](C)c3c4c(C)c(C)cnc4c4c(C)ccc(c4n23)C1(C)C.[2H]C([2H])([2H])c1ccc2c3c1c1ncc(C)c(C)c1c1n3c(c(-c3ccccc3)[n+]1C)C(C)(C)C2(C)C. The molecule has 0 saturated carbocycles. The molecule has 8 aromatic carbocycles. The van der Waals surface area contributed by atoms with Gasteiger partial charge in [-0.15, -0.1) is 0 Å². The second kappa shape index (κ2) is 28.1. The van der Waals surface area contributed by atoms with Crippen molar-refractivity contribution in [2.45, 2.75) is 230 Å². The van der Waals surface area contributed by atoms with Gasteiger partial charge in [0.15, 0.2) is 45.6 Å². The van der Waals surface area contributed by atoms with Crippen molar-refractivity contribution in [3.05, 3.63) is 307 Å². The molecule has 1 atom stereocenters. The monoisotopic (exact) mass is 1730 g/mol. The summed E-state index contributed by atoms with van der Waals surface area (Å²) in [5.41, 5.74) is 42.3. The number of para-hydroxylation sites is 1. The molecule has 131 heavy (non-hydrogen) atoms. The van der Waals surface area contributed by atoms with Crippen LogP contribution < -0.4 is 18.3 Å². The van der Waals surface area contributed by atoms with E-state index in [1.165, 1.54) is 128 Å². The van der Waals surface area contributed by atoms with Crippen molar-refractivity contribution in [2.24, 2.45) is 28.2 Å². The minimum atomic E-state index is -2.26. The number of pyridine rings is 8. The van der Waals surface area contributed by atoms with E-state index in [1.54, 1.807) is 0 Å². The third-order valence-corrected chi connectivity index (χ3v) is 34.4. The first-order chi connectivity index (χ1) is 64.4. The second-order valence-electron chi connectivity index (χ2n) is 42.7. The highest BCUT2D eigenvalue weighted by molar-refractivity contribution is 6.17. The molecule has 0 amide bonds. The number of benzene rings is 8. The van der Waals surface area contributed by atoms with Gasteiger partial charge >= 0.3 is 0 Å². The van der Waals surface area contributed by atoms with Crippen LogP contribution in [0.25, 0.3) is 155 Å². The molecule has 0 fully saturated rings. The molecule has 12 aromatic heterocycles. The van der Waals surface area contributed by atoms with E-state index in [0.29, 0.717) is 5.56 Å². The largest absolute Gasteiger partial charge is 0.297 e. The molecule has 1 unspecified atom stereocenters.